The van der Waals surface area contributed by atoms with Crippen LogP contribution in [-0.4, -0.2) is 17.4 Å². The molecular formula is C10H12N2O4. The number of nitro groups is 1. The summed E-state index contributed by atoms with van der Waals surface area (Å²) in [5.41, 5.74) is 0.269. The Morgan fingerprint density at radius 3 is 2.75 bits per heavy atom. The molecule has 0 aliphatic carbocycles. The molecule has 1 aliphatic rings. The SMILES string of the molecule is CC.O=C1COc2ccc([N+](=O)[O-])cc2N1. The van der Waals surface area contributed by atoms with Crippen LogP contribution in [0.3, 0.4) is 0 Å². The number of benzene rings is 1. The van der Waals surface area contributed by atoms with Gasteiger partial charge in [-0.1, -0.05) is 13.8 Å². The molecule has 1 aromatic rings. The Kier molecular flexibility index (Phi) is 3.82. The molecule has 1 aliphatic heterocycles. The first kappa shape index (κ1) is 12.0. The van der Waals surface area contributed by atoms with E-state index in [0.29, 0.717) is 11.4 Å². The van der Waals surface area contributed by atoms with Crippen LogP contribution in [0.5, 0.6) is 5.75 Å². The number of nitro benzene ring substituents is 1. The van der Waals surface area contributed by atoms with Crippen molar-refractivity contribution in [1.29, 1.82) is 0 Å². The predicted octanol–water partition coefficient (Wildman–Crippen LogP) is 1.95. The molecule has 0 atom stereocenters. The van der Waals surface area contributed by atoms with Crippen LogP contribution in [0.25, 0.3) is 0 Å². The summed E-state index contributed by atoms with van der Waals surface area (Å²) < 4.78 is 5.04. The summed E-state index contributed by atoms with van der Waals surface area (Å²) >= 11 is 0. The van der Waals surface area contributed by atoms with E-state index in [1.54, 1.807) is 0 Å². The highest BCUT2D eigenvalue weighted by Gasteiger charge is 2.18. The highest BCUT2D eigenvalue weighted by molar-refractivity contribution is 5.95. The zero-order chi connectivity index (χ0) is 12.1. The summed E-state index contributed by atoms with van der Waals surface area (Å²) in [7, 11) is 0. The van der Waals surface area contributed by atoms with Crippen LogP contribution < -0.4 is 10.1 Å². The quantitative estimate of drug-likeness (QED) is 0.583. The van der Waals surface area contributed by atoms with E-state index in [4.69, 9.17) is 4.74 Å². The first-order valence-corrected chi connectivity index (χ1v) is 4.88. The number of carbonyl (C=O) groups is 1. The van der Waals surface area contributed by atoms with Crippen LogP contribution >= 0.6 is 0 Å². The maximum absolute atomic E-state index is 10.9. The topological polar surface area (TPSA) is 81.5 Å². The van der Waals surface area contributed by atoms with Gasteiger partial charge in [-0.05, 0) is 6.07 Å². The van der Waals surface area contributed by atoms with Crippen molar-refractivity contribution >= 4 is 17.3 Å². The smallest absolute Gasteiger partial charge is 0.271 e. The van der Waals surface area contributed by atoms with Crippen LogP contribution in [-0.2, 0) is 4.79 Å². The Bertz CT molecular complexity index is 417. The molecule has 1 aromatic carbocycles. The largest absolute Gasteiger partial charge is 0.482 e. The van der Waals surface area contributed by atoms with Crippen LogP contribution in [0.1, 0.15) is 13.8 Å². The number of hydrogen-bond acceptors (Lipinski definition) is 4. The number of amides is 1. The van der Waals surface area contributed by atoms with E-state index >= 15 is 0 Å². The molecule has 0 saturated carbocycles. The molecule has 0 fully saturated rings. The number of rotatable bonds is 1. The van der Waals surface area contributed by atoms with Gasteiger partial charge in [0, 0.05) is 12.1 Å². The van der Waals surface area contributed by atoms with Gasteiger partial charge in [0.15, 0.2) is 6.61 Å². The number of fused-ring (bicyclic) bond motifs is 1. The second-order valence-corrected chi connectivity index (χ2v) is 2.77. The number of nitrogens with zero attached hydrogens (tertiary/aromatic N) is 1. The average Bonchev–Trinajstić information content (AvgIpc) is 2.30. The van der Waals surface area contributed by atoms with Gasteiger partial charge in [-0.3, -0.25) is 14.9 Å². The minimum Gasteiger partial charge on any atom is -0.482 e. The van der Waals surface area contributed by atoms with Crippen LogP contribution in [0.15, 0.2) is 18.2 Å². The zero-order valence-corrected chi connectivity index (χ0v) is 9.02. The Balaban J connectivity index is 0.000000606. The van der Waals surface area contributed by atoms with Gasteiger partial charge >= 0.3 is 0 Å². The number of non-ortho nitro benzene ring substituents is 1. The van der Waals surface area contributed by atoms with E-state index in [1.807, 2.05) is 13.8 Å². The van der Waals surface area contributed by atoms with Crippen LogP contribution in [0.4, 0.5) is 11.4 Å². The molecule has 0 aromatic heterocycles. The summed E-state index contributed by atoms with van der Waals surface area (Å²) in [4.78, 5) is 20.8. The Morgan fingerprint density at radius 2 is 2.12 bits per heavy atom. The molecule has 2 rings (SSSR count). The summed E-state index contributed by atoms with van der Waals surface area (Å²) in [6.07, 6.45) is 0. The second kappa shape index (κ2) is 5.11. The first-order chi connectivity index (χ1) is 7.66. The van der Waals surface area contributed by atoms with Gasteiger partial charge in [0.1, 0.15) is 5.75 Å². The monoisotopic (exact) mass is 224 g/mol. The maximum atomic E-state index is 10.9. The number of nitrogens with one attached hydrogen (secondary N) is 1. The predicted molar refractivity (Wildman–Crippen MR) is 58.6 cm³/mol. The highest BCUT2D eigenvalue weighted by atomic mass is 16.6. The normalized spacial score (nSPS) is 12.5. The van der Waals surface area contributed by atoms with E-state index in [9.17, 15) is 14.9 Å². The minimum absolute atomic E-state index is 0.0508. The first-order valence-electron chi connectivity index (χ1n) is 4.88. The minimum atomic E-state index is -0.527. The fourth-order valence-electron chi connectivity index (χ4n) is 1.18. The molecule has 1 amide bonds. The van der Waals surface area contributed by atoms with Gasteiger partial charge in [0.2, 0.25) is 0 Å². The summed E-state index contributed by atoms with van der Waals surface area (Å²) in [6, 6.07) is 4.07. The average molecular weight is 224 g/mol. The molecule has 0 spiro atoms. The fourth-order valence-corrected chi connectivity index (χ4v) is 1.18. The third-order valence-electron chi connectivity index (χ3n) is 1.81. The molecule has 1 heterocycles. The van der Waals surface area contributed by atoms with E-state index in [1.165, 1.54) is 18.2 Å². The number of ether oxygens (including phenoxy) is 1. The summed E-state index contributed by atoms with van der Waals surface area (Å²) in [5.74, 6) is 0.146. The Hall–Kier alpha value is -2.11. The molecule has 0 saturated heterocycles. The molecule has 0 radical (unpaired) electrons. The van der Waals surface area contributed by atoms with E-state index < -0.39 is 4.92 Å². The van der Waals surface area contributed by atoms with Crippen molar-refractivity contribution in [2.75, 3.05) is 11.9 Å². The molecule has 0 bridgehead atoms. The molecule has 16 heavy (non-hydrogen) atoms. The second-order valence-electron chi connectivity index (χ2n) is 2.77. The standard InChI is InChI=1S/C8H6N2O4.C2H6/c11-8-4-14-7-2-1-5(10(12)13)3-6(7)9-8;1-2/h1-3H,4H2,(H,9,11);1-2H3. The van der Waals surface area contributed by atoms with Crippen molar-refractivity contribution in [3.63, 3.8) is 0 Å². The van der Waals surface area contributed by atoms with Crippen LogP contribution in [0.2, 0.25) is 0 Å². The van der Waals surface area contributed by atoms with Crippen molar-refractivity contribution in [3.05, 3.63) is 28.3 Å². The van der Waals surface area contributed by atoms with Crippen molar-refractivity contribution in [3.8, 4) is 5.75 Å². The lowest BCUT2D eigenvalue weighted by molar-refractivity contribution is -0.384. The van der Waals surface area contributed by atoms with E-state index in [2.05, 4.69) is 5.32 Å². The third kappa shape index (κ3) is 2.47. The molecule has 6 nitrogen and oxygen atoms in total. The molecule has 0 unspecified atom stereocenters. The Labute approximate surface area is 92.4 Å². The number of carbonyl (C=O) groups excluding carboxylic acids is 1. The van der Waals surface area contributed by atoms with Gasteiger partial charge in [-0.15, -0.1) is 0 Å². The van der Waals surface area contributed by atoms with Crippen LogP contribution in [0, 0.1) is 10.1 Å². The fraction of sp³-hybridized carbons (Fsp3) is 0.300. The molecular weight excluding hydrogens is 212 g/mol. The van der Waals surface area contributed by atoms with Gasteiger partial charge in [-0.25, -0.2) is 0 Å². The van der Waals surface area contributed by atoms with Crippen molar-refractivity contribution in [2.45, 2.75) is 13.8 Å². The lowest BCUT2D eigenvalue weighted by Crippen LogP contribution is -2.25. The number of hydrogen-bond donors (Lipinski definition) is 1. The van der Waals surface area contributed by atoms with Gasteiger partial charge in [-0.2, -0.15) is 0 Å². The molecule has 1 N–H and O–H groups in total. The highest BCUT2D eigenvalue weighted by Crippen LogP contribution is 2.30. The lowest BCUT2D eigenvalue weighted by atomic mass is 10.2. The Morgan fingerprint density at radius 1 is 1.44 bits per heavy atom. The van der Waals surface area contributed by atoms with Crippen molar-refractivity contribution in [2.24, 2.45) is 0 Å². The number of anilines is 1. The van der Waals surface area contributed by atoms with E-state index in [0.717, 1.165) is 0 Å². The lowest BCUT2D eigenvalue weighted by Gasteiger charge is -2.16. The molecule has 6 heteroatoms. The zero-order valence-electron chi connectivity index (χ0n) is 9.02. The summed E-state index contributed by atoms with van der Waals surface area (Å²) in [5, 5.41) is 12.9. The van der Waals surface area contributed by atoms with Gasteiger partial charge in [0.25, 0.3) is 11.6 Å². The summed E-state index contributed by atoms with van der Waals surface area (Å²) in [6.45, 7) is 3.95. The van der Waals surface area contributed by atoms with E-state index in [-0.39, 0.29) is 18.2 Å². The maximum Gasteiger partial charge on any atom is 0.271 e. The molecule has 86 valence electrons. The van der Waals surface area contributed by atoms with Crippen molar-refractivity contribution in [1.82, 2.24) is 0 Å². The third-order valence-corrected chi connectivity index (χ3v) is 1.81. The van der Waals surface area contributed by atoms with Crippen molar-refractivity contribution < 1.29 is 14.5 Å². The van der Waals surface area contributed by atoms with Gasteiger partial charge < -0.3 is 10.1 Å². The van der Waals surface area contributed by atoms with Gasteiger partial charge in [0.05, 0.1) is 10.6 Å².